The Morgan fingerprint density at radius 1 is 1.22 bits per heavy atom. The van der Waals surface area contributed by atoms with E-state index in [9.17, 15) is 13.2 Å². The molecule has 100 valence electrons. The summed E-state index contributed by atoms with van der Waals surface area (Å²) in [6.45, 7) is -0.0974. The Morgan fingerprint density at radius 2 is 1.78 bits per heavy atom. The molecule has 0 saturated carbocycles. The van der Waals surface area contributed by atoms with Gasteiger partial charge in [0.15, 0.2) is 0 Å². The molecule has 0 saturated heterocycles. The lowest BCUT2D eigenvalue weighted by molar-refractivity contribution is -0.136. The van der Waals surface area contributed by atoms with Crippen molar-refractivity contribution in [1.82, 2.24) is 4.31 Å². The third-order valence-corrected chi connectivity index (χ3v) is 4.19. The number of hydrogen-bond donors (Lipinski definition) is 1. The zero-order chi connectivity index (χ0) is 13.8. The number of rotatable bonds is 6. The molecule has 0 atom stereocenters. The van der Waals surface area contributed by atoms with Crippen LogP contribution in [0.4, 0.5) is 5.69 Å². The lowest BCUT2D eigenvalue weighted by Crippen LogP contribution is -2.41. The Balaban J connectivity index is 3.07. The van der Waals surface area contributed by atoms with Gasteiger partial charge >= 0.3 is 16.2 Å². The van der Waals surface area contributed by atoms with Crippen molar-refractivity contribution in [2.24, 2.45) is 0 Å². The van der Waals surface area contributed by atoms with Crippen molar-refractivity contribution in [2.75, 3.05) is 24.9 Å². The molecule has 0 heterocycles. The van der Waals surface area contributed by atoms with E-state index in [1.54, 1.807) is 30.3 Å². The molecular formula is C11H16N2O4S. The van der Waals surface area contributed by atoms with Gasteiger partial charge in [-0.2, -0.15) is 12.7 Å². The molecule has 18 heavy (non-hydrogen) atoms. The Hall–Kier alpha value is -1.60. The highest BCUT2D eigenvalue weighted by Crippen LogP contribution is 2.19. The Kier molecular flexibility index (Phi) is 4.69. The summed E-state index contributed by atoms with van der Waals surface area (Å²) < 4.78 is 26.3. The number of nitrogens with zero attached hydrogens (tertiary/aromatic N) is 2. The summed E-state index contributed by atoms with van der Waals surface area (Å²) in [5.41, 5.74) is 0.451. The van der Waals surface area contributed by atoms with Crippen LogP contribution in [0.15, 0.2) is 30.3 Å². The number of carbonyl (C=O) groups is 1. The molecular weight excluding hydrogens is 256 g/mol. The number of hydrogen-bond acceptors (Lipinski definition) is 3. The third kappa shape index (κ3) is 3.44. The van der Waals surface area contributed by atoms with Gasteiger partial charge in [-0.3, -0.25) is 9.10 Å². The minimum Gasteiger partial charge on any atom is -0.481 e. The van der Waals surface area contributed by atoms with E-state index < -0.39 is 16.2 Å². The first-order valence-electron chi connectivity index (χ1n) is 5.32. The van der Waals surface area contributed by atoms with Crippen LogP contribution in [0, 0.1) is 0 Å². The SMILES string of the molecule is CN(C)S(=O)(=O)N(CCC(=O)O)c1ccccc1. The van der Waals surface area contributed by atoms with Gasteiger partial charge < -0.3 is 5.11 Å². The van der Waals surface area contributed by atoms with Gasteiger partial charge in [-0.15, -0.1) is 0 Å². The second-order valence-corrected chi connectivity index (χ2v) is 5.91. The van der Waals surface area contributed by atoms with Crippen molar-refractivity contribution in [3.05, 3.63) is 30.3 Å². The normalized spacial score (nSPS) is 11.5. The van der Waals surface area contributed by atoms with Crippen molar-refractivity contribution >= 4 is 21.9 Å². The zero-order valence-corrected chi connectivity index (χ0v) is 11.1. The highest BCUT2D eigenvalue weighted by Gasteiger charge is 2.25. The zero-order valence-electron chi connectivity index (χ0n) is 10.3. The van der Waals surface area contributed by atoms with E-state index in [-0.39, 0.29) is 13.0 Å². The lowest BCUT2D eigenvalue weighted by atomic mass is 10.3. The van der Waals surface area contributed by atoms with Crippen LogP contribution in [0.25, 0.3) is 0 Å². The molecule has 1 N–H and O–H groups in total. The number of benzene rings is 1. The number of anilines is 1. The monoisotopic (exact) mass is 272 g/mol. The molecule has 0 spiro atoms. The van der Waals surface area contributed by atoms with E-state index in [1.807, 2.05) is 0 Å². The molecule has 0 bridgehead atoms. The largest absolute Gasteiger partial charge is 0.481 e. The third-order valence-electron chi connectivity index (χ3n) is 2.31. The summed E-state index contributed by atoms with van der Waals surface area (Å²) in [6, 6.07) is 8.43. The van der Waals surface area contributed by atoms with Gasteiger partial charge in [0.1, 0.15) is 0 Å². The first kappa shape index (κ1) is 14.5. The van der Waals surface area contributed by atoms with Gasteiger partial charge in [0, 0.05) is 20.6 Å². The number of carboxylic acids is 1. The fraction of sp³-hybridized carbons (Fsp3) is 0.364. The van der Waals surface area contributed by atoms with Crippen molar-refractivity contribution in [1.29, 1.82) is 0 Å². The lowest BCUT2D eigenvalue weighted by Gasteiger charge is -2.26. The topological polar surface area (TPSA) is 77.9 Å². The molecule has 0 aromatic heterocycles. The van der Waals surface area contributed by atoms with Crippen LogP contribution in [0.1, 0.15) is 6.42 Å². The van der Waals surface area contributed by atoms with Crippen LogP contribution in [0.2, 0.25) is 0 Å². The Morgan fingerprint density at radius 3 is 2.22 bits per heavy atom. The first-order valence-corrected chi connectivity index (χ1v) is 6.72. The van der Waals surface area contributed by atoms with E-state index >= 15 is 0 Å². The van der Waals surface area contributed by atoms with Crippen molar-refractivity contribution < 1.29 is 18.3 Å². The van der Waals surface area contributed by atoms with E-state index in [2.05, 4.69) is 0 Å². The van der Waals surface area contributed by atoms with Gasteiger partial charge in [0.05, 0.1) is 12.1 Å². The molecule has 0 aliphatic carbocycles. The number of aliphatic carboxylic acids is 1. The summed E-state index contributed by atoms with van der Waals surface area (Å²) in [7, 11) is -0.867. The summed E-state index contributed by atoms with van der Waals surface area (Å²) in [5, 5.41) is 8.68. The average molecular weight is 272 g/mol. The molecule has 0 fully saturated rings. The molecule has 1 aromatic carbocycles. The van der Waals surface area contributed by atoms with E-state index in [0.717, 1.165) is 8.61 Å². The number of carboxylic acid groups (broad SMARTS) is 1. The molecule has 7 heteroatoms. The highest BCUT2D eigenvalue weighted by molar-refractivity contribution is 7.90. The maximum atomic E-state index is 12.1. The van der Waals surface area contributed by atoms with Crippen molar-refractivity contribution in [3.8, 4) is 0 Å². The molecule has 1 rings (SSSR count). The van der Waals surface area contributed by atoms with Crippen molar-refractivity contribution in [2.45, 2.75) is 6.42 Å². The van der Waals surface area contributed by atoms with Gasteiger partial charge in [-0.25, -0.2) is 0 Å². The summed E-state index contributed by atoms with van der Waals surface area (Å²) in [4.78, 5) is 10.6. The maximum absolute atomic E-state index is 12.1. The fourth-order valence-electron chi connectivity index (χ4n) is 1.37. The van der Waals surface area contributed by atoms with Crippen molar-refractivity contribution in [3.63, 3.8) is 0 Å². The summed E-state index contributed by atoms with van der Waals surface area (Å²) in [5.74, 6) is -1.04. The quantitative estimate of drug-likeness (QED) is 0.830. The molecule has 0 unspecified atom stereocenters. The van der Waals surface area contributed by atoms with E-state index in [1.165, 1.54) is 14.1 Å². The Bertz CT molecular complexity index is 499. The minimum absolute atomic E-state index is 0.0974. The van der Waals surface area contributed by atoms with E-state index in [0.29, 0.717) is 5.69 Å². The van der Waals surface area contributed by atoms with Crippen LogP contribution < -0.4 is 4.31 Å². The Labute approximate surface area is 107 Å². The van der Waals surface area contributed by atoms with E-state index in [4.69, 9.17) is 5.11 Å². The van der Waals surface area contributed by atoms with Crippen LogP contribution in [-0.2, 0) is 15.0 Å². The van der Waals surface area contributed by atoms with Gasteiger partial charge in [-0.05, 0) is 12.1 Å². The molecule has 6 nitrogen and oxygen atoms in total. The predicted octanol–water partition coefficient (Wildman–Crippen LogP) is 0.774. The van der Waals surface area contributed by atoms with Crippen LogP contribution >= 0.6 is 0 Å². The summed E-state index contributed by atoms with van der Waals surface area (Å²) in [6.07, 6.45) is -0.248. The summed E-state index contributed by atoms with van der Waals surface area (Å²) >= 11 is 0. The molecule has 0 amide bonds. The predicted molar refractivity (Wildman–Crippen MR) is 68.6 cm³/mol. The minimum atomic E-state index is -3.68. The molecule has 1 aromatic rings. The van der Waals surface area contributed by atoms with Gasteiger partial charge in [0.25, 0.3) is 0 Å². The fourth-order valence-corrected chi connectivity index (χ4v) is 2.47. The van der Waals surface area contributed by atoms with Gasteiger partial charge in [0.2, 0.25) is 0 Å². The molecule has 0 radical (unpaired) electrons. The van der Waals surface area contributed by atoms with Gasteiger partial charge in [-0.1, -0.05) is 18.2 Å². The van der Waals surface area contributed by atoms with Crippen LogP contribution in [0.3, 0.4) is 0 Å². The molecule has 0 aliphatic heterocycles. The average Bonchev–Trinajstić information content (AvgIpc) is 2.29. The van der Waals surface area contributed by atoms with Crippen LogP contribution in [0.5, 0.6) is 0 Å². The standard InChI is InChI=1S/C11H16N2O4S/c1-12(2)18(16,17)13(9-8-11(14)15)10-6-4-3-5-7-10/h3-7H,8-9H2,1-2H3,(H,14,15). The first-order chi connectivity index (χ1) is 8.35. The maximum Gasteiger partial charge on any atom is 0.305 e. The second kappa shape index (κ2) is 5.83. The van der Waals surface area contributed by atoms with Crippen LogP contribution in [-0.4, -0.2) is 44.4 Å². The smallest absolute Gasteiger partial charge is 0.305 e. The highest BCUT2D eigenvalue weighted by atomic mass is 32.2. The number of para-hydroxylation sites is 1. The molecule has 0 aliphatic rings. The second-order valence-electron chi connectivity index (χ2n) is 3.84.